The number of aromatic amines is 1. The van der Waals surface area contributed by atoms with Gasteiger partial charge in [0.15, 0.2) is 11.5 Å². The third kappa shape index (κ3) is 3.34. The number of H-pyrrole nitrogens is 1. The highest BCUT2D eigenvalue weighted by Gasteiger charge is 2.35. The fraction of sp³-hybridized carbons (Fsp3) is 0.400. The summed E-state index contributed by atoms with van der Waals surface area (Å²) in [6.07, 6.45) is 3.06. The van der Waals surface area contributed by atoms with E-state index in [-0.39, 0.29) is 30.5 Å². The predicted molar refractivity (Wildman–Crippen MR) is 108 cm³/mol. The standard InChI is InChI=1S/C20H21N5O5/c26-15-9-12(18(27)21-11-4-5-13-14(8-11)30-10-29-13)16-17(22-15)23-20(24-19(16)28)25-6-2-1-3-7-25/h4-5,8,12H,1-3,6-7,9-10H2,(H,21,27)(H2,22,23,24,26,28)/t12-/m0/s1. The second-order valence-corrected chi connectivity index (χ2v) is 7.56. The summed E-state index contributed by atoms with van der Waals surface area (Å²) in [6.45, 7) is 1.72. The summed E-state index contributed by atoms with van der Waals surface area (Å²) < 4.78 is 10.6. The summed E-state index contributed by atoms with van der Waals surface area (Å²) in [5.41, 5.74) is 0.256. The van der Waals surface area contributed by atoms with Gasteiger partial charge >= 0.3 is 0 Å². The summed E-state index contributed by atoms with van der Waals surface area (Å²) in [4.78, 5) is 47.3. The molecule has 1 aromatic heterocycles. The summed E-state index contributed by atoms with van der Waals surface area (Å²) >= 11 is 0. The van der Waals surface area contributed by atoms with Gasteiger partial charge in [0.05, 0.1) is 11.5 Å². The molecule has 3 aliphatic heterocycles. The number of benzene rings is 1. The Morgan fingerprint density at radius 2 is 1.93 bits per heavy atom. The van der Waals surface area contributed by atoms with E-state index in [0.29, 0.717) is 23.1 Å². The van der Waals surface area contributed by atoms with Gasteiger partial charge in [-0.15, -0.1) is 0 Å². The largest absolute Gasteiger partial charge is 0.454 e. The van der Waals surface area contributed by atoms with Crippen molar-refractivity contribution in [1.29, 1.82) is 0 Å². The summed E-state index contributed by atoms with van der Waals surface area (Å²) in [5.74, 6) is -0.0385. The quantitative estimate of drug-likeness (QED) is 0.700. The van der Waals surface area contributed by atoms with Crippen LogP contribution in [0.1, 0.15) is 37.2 Å². The number of fused-ring (bicyclic) bond motifs is 2. The van der Waals surface area contributed by atoms with Crippen LogP contribution in [-0.2, 0) is 9.59 Å². The van der Waals surface area contributed by atoms with Gasteiger partial charge in [0, 0.05) is 31.3 Å². The highest BCUT2D eigenvalue weighted by atomic mass is 16.7. The van der Waals surface area contributed by atoms with Crippen molar-refractivity contribution >= 4 is 29.3 Å². The van der Waals surface area contributed by atoms with Crippen LogP contribution in [0, 0.1) is 0 Å². The average molecular weight is 411 g/mol. The number of aromatic nitrogens is 2. The SMILES string of the molecule is O=C1C[C@H](C(=O)Nc2ccc3c(c2)OCO3)c2c(nc(N3CCCCC3)[nH]c2=O)N1. The van der Waals surface area contributed by atoms with E-state index in [2.05, 4.69) is 20.6 Å². The average Bonchev–Trinajstić information content (AvgIpc) is 3.21. The van der Waals surface area contributed by atoms with E-state index in [1.54, 1.807) is 18.2 Å². The second kappa shape index (κ2) is 7.36. The number of carbonyl (C=O) groups is 2. The normalized spacial score (nSPS) is 19.8. The number of nitrogens with zero attached hydrogens (tertiary/aromatic N) is 2. The molecule has 0 saturated carbocycles. The lowest BCUT2D eigenvalue weighted by Gasteiger charge is -2.29. The van der Waals surface area contributed by atoms with E-state index in [1.807, 2.05) is 4.90 Å². The first-order valence-electron chi connectivity index (χ1n) is 9.98. The number of hydrogen-bond donors (Lipinski definition) is 3. The van der Waals surface area contributed by atoms with Gasteiger partial charge in [-0.05, 0) is 31.4 Å². The zero-order valence-electron chi connectivity index (χ0n) is 16.2. The number of amides is 2. The van der Waals surface area contributed by atoms with Crippen LogP contribution >= 0.6 is 0 Å². The van der Waals surface area contributed by atoms with Crippen molar-refractivity contribution in [3.8, 4) is 11.5 Å². The lowest BCUT2D eigenvalue weighted by molar-refractivity contribution is -0.123. The Hall–Kier alpha value is -3.56. The third-order valence-electron chi connectivity index (χ3n) is 5.55. The Bertz CT molecular complexity index is 1080. The van der Waals surface area contributed by atoms with Crippen molar-refractivity contribution in [2.24, 2.45) is 0 Å². The van der Waals surface area contributed by atoms with Crippen LogP contribution in [0.5, 0.6) is 11.5 Å². The first-order chi connectivity index (χ1) is 14.6. The second-order valence-electron chi connectivity index (χ2n) is 7.56. The monoisotopic (exact) mass is 411 g/mol. The molecular formula is C20H21N5O5. The van der Waals surface area contributed by atoms with E-state index in [9.17, 15) is 14.4 Å². The first-order valence-corrected chi connectivity index (χ1v) is 9.98. The van der Waals surface area contributed by atoms with Crippen LogP contribution in [0.25, 0.3) is 0 Å². The molecule has 5 rings (SSSR count). The van der Waals surface area contributed by atoms with E-state index >= 15 is 0 Å². The first kappa shape index (κ1) is 18.5. The molecule has 0 spiro atoms. The molecule has 10 nitrogen and oxygen atoms in total. The summed E-state index contributed by atoms with van der Waals surface area (Å²) in [5, 5.41) is 5.41. The maximum Gasteiger partial charge on any atom is 0.258 e. The molecule has 1 saturated heterocycles. The van der Waals surface area contributed by atoms with E-state index < -0.39 is 17.4 Å². The van der Waals surface area contributed by atoms with Gasteiger partial charge in [-0.1, -0.05) is 0 Å². The number of carbonyl (C=O) groups excluding carboxylic acids is 2. The molecule has 156 valence electrons. The Kier molecular flexibility index (Phi) is 4.53. The minimum Gasteiger partial charge on any atom is -0.454 e. The Morgan fingerprint density at radius 1 is 1.13 bits per heavy atom. The maximum atomic E-state index is 13.0. The lowest BCUT2D eigenvalue weighted by atomic mass is 9.92. The number of piperidine rings is 1. The molecule has 2 amide bonds. The summed E-state index contributed by atoms with van der Waals surface area (Å²) in [7, 11) is 0. The van der Waals surface area contributed by atoms with Crippen LogP contribution < -0.4 is 30.6 Å². The highest BCUT2D eigenvalue weighted by Crippen LogP contribution is 2.35. The maximum absolute atomic E-state index is 13.0. The van der Waals surface area contributed by atoms with Crippen LogP contribution in [0.4, 0.5) is 17.5 Å². The lowest BCUT2D eigenvalue weighted by Crippen LogP contribution is -2.38. The van der Waals surface area contributed by atoms with Crippen LogP contribution in [-0.4, -0.2) is 41.7 Å². The van der Waals surface area contributed by atoms with Gasteiger partial charge < -0.3 is 25.0 Å². The minimum absolute atomic E-state index is 0.128. The highest BCUT2D eigenvalue weighted by molar-refractivity contribution is 6.04. The van der Waals surface area contributed by atoms with Gasteiger partial charge in [-0.2, -0.15) is 4.98 Å². The van der Waals surface area contributed by atoms with Crippen LogP contribution in [0.3, 0.4) is 0 Å². The minimum atomic E-state index is -0.939. The van der Waals surface area contributed by atoms with Crippen molar-refractivity contribution in [2.75, 3.05) is 35.4 Å². The van der Waals surface area contributed by atoms with Crippen molar-refractivity contribution in [3.05, 3.63) is 34.1 Å². The molecular weight excluding hydrogens is 390 g/mol. The molecule has 0 radical (unpaired) electrons. The Balaban J connectivity index is 1.43. The molecule has 4 heterocycles. The van der Waals surface area contributed by atoms with Gasteiger partial charge in [0.1, 0.15) is 5.82 Å². The fourth-order valence-corrected chi connectivity index (χ4v) is 4.04. The molecule has 10 heteroatoms. The third-order valence-corrected chi connectivity index (χ3v) is 5.55. The van der Waals surface area contributed by atoms with Gasteiger partial charge in [0.25, 0.3) is 5.56 Å². The van der Waals surface area contributed by atoms with Crippen molar-refractivity contribution in [1.82, 2.24) is 9.97 Å². The topological polar surface area (TPSA) is 126 Å². The van der Waals surface area contributed by atoms with Crippen molar-refractivity contribution < 1.29 is 19.1 Å². The van der Waals surface area contributed by atoms with Gasteiger partial charge in [0.2, 0.25) is 24.6 Å². The molecule has 0 bridgehead atoms. The molecule has 0 unspecified atom stereocenters. The molecule has 3 N–H and O–H groups in total. The Morgan fingerprint density at radius 3 is 2.77 bits per heavy atom. The van der Waals surface area contributed by atoms with E-state index in [1.165, 1.54) is 0 Å². The molecule has 2 aromatic rings. The van der Waals surface area contributed by atoms with Crippen molar-refractivity contribution in [2.45, 2.75) is 31.6 Å². The molecule has 1 fully saturated rings. The van der Waals surface area contributed by atoms with Gasteiger partial charge in [-0.25, -0.2) is 0 Å². The number of hydrogen-bond acceptors (Lipinski definition) is 7. The Labute approximate surface area is 171 Å². The molecule has 3 aliphatic rings. The molecule has 30 heavy (non-hydrogen) atoms. The smallest absolute Gasteiger partial charge is 0.258 e. The predicted octanol–water partition coefficient (Wildman–Crippen LogP) is 1.55. The molecule has 1 atom stereocenters. The fourth-order valence-electron chi connectivity index (χ4n) is 4.04. The van der Waals surface area contributed by atoms with Crippen LogP contribution in [0.15, 0.2) is 23.0 Å². The molecule has 1 aromatic carbocycles. The van der Waals surface area contributed by atoms with Gasteiger partial charge in [-0.3, -0.25) is 19.4 Å². The number of ether oxygens (including phenoxy) is 2. The summed E-state index contributed by atoms with van der Waals surface area (Å²) in [6, 6.07) is 5.02. The van der Waals surface area contributed by atoms with E-state index in [0.717, 1.165) is 32.4 Å². The van der Waals surface area contributed by atoms with E-state index in [4.69, 9.17) is 9.47 Å². The molecule has 0 aliphatic carbocycles. The zero-order chi connectivity index (χ0) is 20.7. The zero-order valence-corrected chi connectivity index (χ0v) is 16.2. The number of rotatable bonds is 3. The van der Waals surface area contributed by atoms with Crippen LogP contribution in [0.2, 0.25) is 0 Å². The number of nitrogens with one attached hydrogen (secondary N) is 3. The number of anilines is 3. The van der Waals surface area contributed by atoms with Crippen molar-refractivity contribution in [3.63, 3.8) is 0 Å².